The van der Waals surface area contributed by atoms with Crippen LogP contribution in [0.25, 0.3) is 11.2 Å². The highest BCUT2D eigenvalue weighted by Crippen LogP contribution is 2.56. The predicted octanol–water partition coefficient (Wildman–Crippen LogP) is 0.0134. The maximum absolute atomic E-state index is 13.9. The van der Waals surface area contributed by atoms with Crippen LogP contribution in [0.15, 0.2) is 6.33 Å². The molecule has 2 aromatic rings. The number of aromatic nitrogens is 4. The van der Waals surface area contributed by atoms with Gasteiger partial charge in [0.05, 0.1) is 39.4 Å². The van der Waals surface area contributed by atoms with Crippen molar-refractivity contribution in [2.75, 3.05) is 45.5 Å². The number of nitrogens with two attached hydrogens (primary N) is 1. The number of aliphatic hydroxyl groups is 2. The number of nitrogens with zero attached hydrogens (tertiary/aromatic N) is 5. The first-order valence-electron chi connectivity index (χ1n) is 13.1. The minimum atomic E-state index is -3.94. The summed E-state index contributed by atoms with van der Waals surface area (Å²) in [6, 6.07) is -2.57. The number of hydrogen-bond acceptors (Lipinski definition) is 15. The molecule has 1 aliphatic rings. The van der Waals surface area contributed by atoms with Gasteiger partial charge in [0, 0.05) is 12.8 Å². The molecule has 0 saturated carbocycles. The number of imidazole rings is 1. The number of hydrogen-bond donors (Lipinski definition) is 5. The Bertz CT molecular complexity index is 1380. The monoisotopic (exact) mass is 648 g/mol. The smallest absolute Gasteiger partial charge is 0.327 e. The van der Waals surface area contributed by atoms with E-state index in [-0.39, 0.29) is 42.0 Å². The molecule has 1 saturated heterocycles. The number of methoxy groups -OCH3 is 1. The summed E-state index contributed by atoms with van der Waals surface area (Å²) in [5.74, 6) is -1.40. The maximum Gasteiger partial charge on any atom is 0.327 e. The number of imide groups is 1. The first-order chi connectivity index (χ1) is 20.1. The minimum Gasteiger partial charge on any atom is -0.479 e. The zero-order chi connectivity index (χ0) is 32.1. The Morgan fingerprint density at radius 1 is 1.30 bits per heavy atom. The highest BCUT2D eigenvalue weighted by Gasteiger charge is 2.40. The first-order valence-corrected chi connectivity index (χ1v) is 16.3. The number of rotatable bonds is 16. The van der Waals surface area contributed by atoms with Crippen LogP contribution in [0.3, 0.4) is 0 Å². The van der Waals surface area contributed by atoms with E-state index in [0.29, 0.717) is 0 Å². The number of urea groups is 1. The van der Waals surface area contributed by atoms with Crippen molar-refractivity contribution in [1.29, 1.82) is 0 Å². The van der Waals surface area contributed by atoms with Crippen LogP contribution in [0.5, 0.6) is 5.88 Å². The molecule has 3 amide bonds. The summed E-state index contributed by atoms with van der Waals surface area (Å²) in [7, 11) is 2.79. The number of nitrogens with one attached hydrogen (secondary N) is 2. The van der Waals surface area contributed by atoms with Crippen LogP contribution < -0.4 is 20.9 Å². The molecule has 0 aliphatic carbocycles. The van der Waals surface area contributed by atoms with Crippen LogP contribution in [-0.2, 0) is 28.2 Å². The average Bonchev–Trinajstić information content (AvgIpc) is 3.45. The number of carbonyl (C=O) groups excluding carboxylic acids is 3. The Labute approximate surface area is 251 Å². The average molecular weight is 649 g/mol. The van der Waals surface area contributed by atoms with Crippen LogP contribution in [-0.4, -0.2) is 116 Å². The van der Waals surface area contributed by atoms with E-state index in [9.17, 15) is 29.2 Å². The second-order valence-electron chi connectivity index (χ2n) is 10.0. The van der Waals surface area contributed by atoms with Crippen molar-refractivity contribution in [2.45, 2.75) is 57.7 Å². The molecule has 18 nitrogen and oxygen atoms in total. The van der Waals surface area contributed by atoms with Gasteiger partial charge in [0.1, 0.15) is 17.7 Å². The highest BCUT2D eigenvalue weighted by molar-refractivity contribution is 8.56. The number of carbonyl (C=O) groups is 3. The van der Waals surface area contributed by atoms with Gasteiger partial charge in [-0.25, -0.2) is 14.9 Å². The Hall–Kier alpha value is -3.06. The van der Waals surface area contributed by atoms with Crippen LogP contribution in [0.1, 0.15) is 33.9 Å². The second-order valence-corrected chi connectivity index (χ2v) is 14.4. The molecule has 20 heteroatoms. The lowest BCUT2D eigenvalue weighted by molar-refractivity contribution is -0.158. The number of nitrogen functional groups attached to an aromatic ring is 1. The van der Waals surface area contributed by atoms with Gasteiger partial charge in [-0.1, -0.05) is 11.4 Å². The predicted molar refractivity (Wildman–Crippen MR) is 154 cm³/mol. The molecule has 1 aliphatic heterocycles. The molecule has 43 heavy (non-hydrogen) atoms. The fourth-order valence-corrected chi connectivity index (χ4v) is 7.85. The third-order valence-electron chi connectivity index (χ3n) is 6.11. The van der Waals surface area contributed by atoms with Gasteiger partial charge in [0.2, 0.25) is 11.8 Å². The summed E-state index contributed by atoms with van der Waals surface area (Å²) in [6.07, 6.45) is -0.408. The van der Waals surface area contributed by atoms with E-state index >= 15 is 0 Å². The molecule has 2 unspecified atom stereocenters. The summed E-state index contributed by atoms with van der Waals surface area (Å²) in [5.41, 5.74) is 4.30. The van der Waals surface area contributed by atoms with Crippen LogP contribution in [0.4, 0.5) is 10.7 Å². The first kappa shape index (κ1) is 34.4. The molecule has 2 aromatic heterocycles. The van der Waals surface area contributed by atoms with Gasteiger partial charge in [-0.2, -0.15) is 9.97 Å². The summed E-state index contributed by atoms with van der Waals surface area (Å²) >= 11 is 0.724. The maximum atomic E-state index is 13.9. The molecule has 1 fully saturated rings. The molecule has 6 N–H and O–H groups in total. The third-order valence-corrected chi connectivity index (χ3v) is 10.2. The number of fused-ring (bicyclic) bond motifs is 1. The fraction of sp³-hybridized carbons (Fsp3) is 0.652. The van der Waals surface area contributed by atoms with Crippen LogP contribution >= 0.6 is 18.1 Å². The lowest BCUT2D eigenvalue weighted by atomic mass is 10.1. The molecular formula is C23H37N8O10PS. The van der Waals surface area contributed by atoms with Crippen molar-refractivity contribution in [3.63, 3.8) is 0 Å². The van der Waals surface area contributed by atoms with Crippen molar-refractivity contribution in [2.24, 2.45) is 0 Å². The molecule has 240 valence electrons. The summed E-state index contributed by atoms with van der Waals surface area (Å²) < 4.78 is 37.1. The minimum absolute atomic E-state index is 0.0874. The zero-order valence-corrected chi connectivity index (χ0v) is 26.3. The van der Waals surface area contributed by atoms with E-state index in [1.807, 2.05) is 0 Å². The topological polar surface area (TPSA) is 243 Å². The Morgan fingerprint density at radius 2 is 2.00 bits per heavy atom. The molecule has 3 rings (SSSR count). The molecule has 0 bridgehead atoms. The van der Waals surface area contributed by atoms with E-state index in [4.69, 9.17) is 24.5 Å². The second kappa shape index (κ2) is 14.1. The SMILES string of the molecule is COc1nc(N)nc2c1ncn2[C@H](OCCOP(=O)(N[C@H](C)C(=O)OC(C)C)SCC1C(=O)NC(=O)N1C)[C@](C)(O)CO. The van der Waals surface area contributed by atoms with Gasteiger partial charge in [0.15, 0.2) is 17.4 Å². The quantitative estimate of drug-likeness (QED) is 0.0697. The Kier molecular flexibility index (Phi) is 11.3. The van der Waals surface area contributed by atoms with Gasteiger partial charge in [-0.15, -0.1) is 0 Å². The van der Waals surface area contributed by atoms with Crippen molar-refractivity contribution in [1.82, 2.24) is 34.8 Å². The molecular weight excluding hydrogens is 611 g/mol. The van der Waals surface area contributed by atoms with Crippen molar-refractivity contribution < 1.29 is 47.9 Å². The van der Waals surface area contributed by atoms with E-state index in [0.717, 1.165) is 11.4 Å². The van der Waals surface area contributed by atoms with Crippen LogP contribution in [0.2, 0.25) is 0 Å². The van der Waals surface area contributed by atoms with Crippen LogP contribution in [0, 0.1) is 0 Å². The largest absolute Gasteiger partial charge is 0.479 e. The Balaban J connectivity index is 1.77. The lowest BCUT2D eigenvalue weighted by Gasteiger charge is -2.32. The van der Waals surface area contributed by atoms with Gasteiger partial charge in [-0.3, -0.25) is 24.0 Å². The zero-order valence-electron chi connectivity index (χ0n) is 24.5. The molecule has 0 aromatic carbocycles. The summed E-state index contributed by atoms with van der Waals surface area (Å²) in [6.45, 7) is 0.809. The number of aliphatic hydroxyl groups excluding tert-OH is 1. The van der Waals surface area contributed by atoms with E-state index < -0.39 is 61.3 Å². The highest BCUT2D eigenvalue weighted by atomic mass is 32.7. The molecule has 0 radical (unpaired) electrons. The lowest BCUT2D eigenvalue weighted by Crippen LogP contribution is -2.42. The van der Waals surface area contributed by atoms with Gasteiger partial charge >= 0.3 is 18.7 Å². The number of esters is 1. The van der Waals surface area contributed by atoms with Gasteiger partial charge in [0.25, 0.3) is 5.91 Å². The Morgan fingerprint density at radius 3 is 2.58 bits per heavy atom. The number of amides is 3. The van der Waals surface area contributed by atoms with E-state index in [1.165, 1.54) is 43.8 Å². The van der Waals surface area contributed by atoms with E-state index in [1.54, 1.807) is 13.8 Å². The van der Waals surface area contributed by atoms with Crippen molar-refractivity contribution in [3.8, 4) is 5.88 Å². The van der Waals surface area contributed by atoms with Crippen molar-refractivity contribution >= 4 is 53.1 Å². The van der Waals surface area contributed by atoms with Gasteiger partial charge in [-0.05, 0) is 27.7 Å². The number of anilines is 1. The fourth-order valence-electron chi connectivity index (χ4n) is 3.86. The molecule has 3 heterocycles. The summed E-state index contributed by atoms with van der Waals surface area (Å²) in [4.78, 5) is 49.9. The molecule has 5 atom stereocenters. The van der Waals surface area contributed by atoms with E-state index in [2.05, 4.69) is 25.4 Å². The molecule has 0 spiro atoms. The number of likely N-dealkylation sites (N-methyl/N-ethyl adjacent to an activating group) is 1. The van der Waals surface area contributed by atoms with Crippen molar-refractivity contribution in [3.05, 3.63) is 6.33 Å². The standard InChI is InChI=1S/C23H37N8O10PS/c1-12(2)41-19(34)13(3)29-42(37,43-9-14-17(33)27-22(35)30(14)5)40-8-7-39-20(23(4,36)10-32)31-11-25-15-16(31)26-21(24)28-18(15)38-6/h11-14,20,32,36H,7-10H2,1-6H3,(H,29,37)(H2,24,26,28)(H,27,33,35)/t13-,14?,20-,23-,42?/m1/s1. The van der Waals surface area contributed by atoms with Gasteiger partial charge < -0.3 is 39.6 Å². The third kappa shape index (κ3) is 8.31. The number of ether oxygens (including phenoxy) is 3. The summed E-state index contributed by atoms with van der Waals surface area (Å²) in [5, 5.41) is 25.6. The normalized spacial score (nSPS) is 19.7.